The van der Waals surface area contributed by atoms with E-state index in [9.17, 15) is 4.79 Å². The first-order valence-corrected chi connectivity index (χ1v) is 10.4. The van der Waals surface area contributed by atoms with E-state index in [-0.39, 0.29) is 24.0 Å². The predicted molar refractivity (Wildman–Crippen MR) is 113 cm³/mol. The zero-order valence-corrected chi connectivity index (χ0v) is 16.9. The molecule has 29 heavy (non-hydrogen) atoms. The molecule has 3 N–H and O–H groups in total. The molecule has 1 amide bonds. The number of carbonyl (C=O) groups excluding carboxylic acids is 1. The molecule has 2 fully saturated rings. The molecule has 0 spiro atoms. The molecule has 2 unspecified atom stereocenters. The van der Waals surface area contributed by atoms with Crippen molar-refractivity contribution in [3.8, 4) is 5.75 Å². The molecule has 2 heterocycles. The Morgan fingerprint density at radius 1 is 1.10 bits per heavy atom. The first-order valence-electron chi connectivity index (χ1n) is 10.4. The summed E-state index contributed by atoms with van der Waals surface area (Å²) in [4.78, 5) is 15.2. The highest BCUT2D eigenvalue weighted by Crippen LogP contribution is 2.25. The van der Waals surface area contributed by atoms with Crippen LogP contribution in [0.15, 0.2) is 54.6 Å². The molecule has 2 aliphatic heterocycles. The number of benzene rings is 2. The van der Waals surface area contributed by atoms with Crippen LogP contribution < -0.4 is 20.9 Å². The molecular weight excluding hydrogens is 364 g/mol. The Morgan fingerprint density at radius 2 is 1.90 bits per heavy atom. The lowest BCUT2D eigenvalue weighted by Gasteiger charge is -2.32. The van der Waals surface area contributed by atoms with Crippen LogP contribution in [0.4, 0.5) is 0 Å². The number of hydrogen-bond donors (Lipinski definition) is 3. The summed E-state index contributed by atoms with van der Waals surface area (Å²) in [5.74, 6) is 0.920. The van der Waals surface area contributed by atoms with Crippen LogP contribution in [0.5, 0.6) is 5.75 Å². The van der Waals surface area contributed by atoms with Crippen molar-refractivity contribution in [3.63, 3.8) is 0 Å². The van der Waals surface area contributed by atoms with E-state index in [0.29, 0.717) is 0 Å². The Kier molecular flexibility index (Phi) is 6.44. The number of ether oxygens (including phenoxy) is 1. The third kappa shape index (κ3) is 5.15. The van der Waals surface area contributed by atoms with Gasteiger partial charge >= 0.3 is 0 Å². The topological polar surface area (TPSA) is 65.6 Å². The molecule has 154 valence electrons. The molecule has 6 heteroatoms. The molecule has 2 aromatic carbocycles. The smallest absolute Gasteiger partial charge is 0.238 e. The second-order valence-corrected chi connectivity index (χ2v) is 7.95. The first-order chi connectivity index (χ1) is 14.2. The normalized spacial score (nSPS) is 23.1. The van der Waals surface area contributed by atoms with Crippen molar-refractivity contribution in [2.45, 2.75) is 43.9 Å². The van der Waals surface area contributed by atoms with Crippen LogP contribution in [0.25, 0.3) is 0 Å². The van der Waals surface area contributed by atoms with Crippen LogP contribution in [0.2, 0.25) is 0 Å². The molecule has 0 aliphatic carbocycles. The van der Waals surface area contributed by atoms with E-state index >= 15 is 0 Å². The summed E-state index contributed by atoms with van der Waals surface area (Å²) in [5, 5.41) is 3.25. The number of nitrogens with one attached hydrogen (secondary N) is 3. The molecule has 4 rings (SSSR count). The van der Waals surface area contributed by atoms with Crippen LogP contribution in [0.1, 0.15) is 36.4 Å². The zero-order chi connectivity index (χ0) is 20.1. The van der Waals surface area contributed by atoms with E-state index in [1.54, 1.807) is 7.11 Å². The van der Waals surface area contributed by atoms with Crippen molar-refractivity contribution in [2.75, 3.05) is 20.2 Å². The summed E-state index contributed by atoms with van der Waals surface area (Å²) >= 11 is 0. The Bertz CT molecular complexity index is 806. The maximum Gasteiger partial charge on any atom is 0.238 e. The van der Waals surface area contributed by atoms with Crippen LogP contribution >= 0.6 is 0 Å². The van der Waals surface area contributed by atoms with Crippen molar-refractivity contribution >= 4 is 5.91 Å². The van der Waals surface area contributed by atoms with Gasteiger partial charge in [-0.25, -0.2) is 10.9 Å². The van der Waals surface area contributed by atoms with Crippen molar-refractivity contribution in [1.29, 1.82) is 0 Å². The molecule has 0 bridgehead atoms. The van der Waals surface area contributed by atoms with Gasteiger partial charge in [-0.05, 0) is 42.5 Å². The number of likely N-dealkylation sites (tertiary alicyclic amines) is 1. The summed E-state index contributed by atoms with van der Waals surface area (Å²) < 4.78 is 5.30. The van der Waals surface area contributed by atoms with Crippen LogP contribution in [-0.2, 0) is 11.3 Å². The highest BCUT2D eigenvalue weighted by atomic mass is 16.5. The van der Waals surface area contributed by atoms with Gasteiger partial charge in [-0.1, -0.05) is 42.5 Å². The molecule has 0 radical (unpaired) electrons. The van der Waals surface area contributed by atoms with E-state index in [2.05, 4.69) is 57.5 Å². The van der Waals surface area contributed by atoms with Crippen molar-refractivity contribution in [3.05, 3.63) is 65.7 Å². The fraction of sp³-hybridized carbons (Fsp3) is 0.435. The van der Waals surface area contributed by atoms with Gasteiger partial charge in [-0.3, -0.25) is 9.69 Å². The van der Waals surface area contributed by atoms with Gasteiger partial charge in [0.15, 0.2) is 0 Å². The maximum absolute atomic E-state index is 12.7. The third-order valence-electron chi connectivity index (χ3n) is 5.90. The van der Waals surface area contributed by atoms with Crippen LogP contribution in [0, 0.1) is 0 Å². The third-order valence-corrected chi connectivity index (χ3v) is 5.90. The molecule has 2 saturated heterocycles. The minimum absolute atomic E-state index is 0.0874. The number of hydrazine groups is 1. The molecular formula is C23H30N4O2. The first kappa shape index (κ1) is 19.9. The van der Waals surface area contributed by atoms with Gasteiger partial charge in [0, 0.05) is 31.7 Å². The number of methoxy groups -OCH3 is 1. The fourth-order valence-corrected chi connectivity index (χ4v) is 4.18. The molecule has 6 nitrogen and oxygen atoms in total. The van der Waals surface area contributed by atoms with Crippen LogP contribution in [0.3, 0.4) is 0 Å². The predicted octanol–water partition coefficient (Wildman–Crippen LogP) is 2.38. The summed E-state index contributed by atoms with van der Waals surface area (Å²) in [6, 6.07) is 18.7. The van der Waals surface area contributed by atoms with E-state index in [4.69, 9.17) is 4.74 Å². The highest BCUT2D eigenvalue weighted by molar-refractivity contribution is 5.82. The zero-order valence-electron chi connectivity index (χ0n) is 16.9. The summed E-state index contributed by atoms with van der Waals surface area (Å²) in [7, 11) is 1.67. The largest absolute Gasteiger partial charge is 0.497 e. The lowest BCUT2D eigenvalue weighted by molar-refractivity contribution is -0.123. The van der Waals surface area contributed by atoms with Crippen LogP contribution in [-0.4, -0.2) is 43.1 Å². The highest BCUT2D eigenvalue weighted by Gasteiger charge is 2.32. The Morgan fingerprint density at radius 3 is 2.66 bits per heavy atom. The summed E-state index contributed by atoms with van der Waals surface area (Å²) in [6.45, 7) is 3.02. The number of rotatable bonds is 6. The van der Waals surface area contributed by atoms with Gasteiger partial charge in [-0.2, -0.15) is 0 Å². The second-order valence-electron chi connectivity index (χ2n) is 7.95. The van der Waals surface area contributed by atoms with Crippen molar-refractivity contribution in [1.82, 2.24) is 21.1 Å². The molecule has 2 aromatic rings. The van der Waals surface area contributed by atoms with E-state index < -0.39 is 0 Å². The number of carbonyl (C=O) groups is 1. The van der Waals surface area contributed by atoms with E-state index in [1.165, 1.54) is 5.56 Å². The monoisotopic (exact) mass is 394 g/mol. The minimum Gasteiger partial charge on any atom is -0.497 e. The lowest BCUT2D eigenvalue weighted by Crippen LogP contribution is -2.50. The summed E-state index contributed by atoms with van der Waals surface area (Å²) in [5.41, 5.74) is 8.89. The number of nitrogens with zero attached hydrogens (tertiary/aromatic N) is 1. The van der Waals surface area contributed by atoms with Gasteiger partial charge in [0.05, 0.1) is 7.11 Å². The quantitative estimate of drug-likeness (QED) is 0.702. The van der Waals surface area contributed by atoms with Crippen molar-refractivity contribution < 1.29 is 9.53 Å². The van der Waals surface area contributed by atoms with E-state index in [0.717, 1.165) is 50.2 Å². The van der Waals surface area contributed by atoms with Gasteiger partial charge in [0.2, 0.25) is 5.91 Å². The Hall–Kier alpha value is -2.41. The fourth-order valence-electron chi connectivity index (χ4n) is 4.18. The van der Waals surface area contributed by atoms with Gasteiger partial charge in [0.25, 0.3) is 0 Å². The average Bonchev–Trinajstić information content (AvgIpc) is 3.26. The average molecular weight is 395 g/mol. The lowest BCUT2D eigenvalue weighted by atomic mass is 10.00. The van der Waals surface area contributed by atoms with Gasteiger partial charge < -0.3 is 10.1 Å². The second kappa shape index (κ2) is 9.39. The Labute approximate surface area is 172 Å². The minimum atomic E-state index is -0.214. The Balaban J connectivity index is 1.23. The summed E-state index contributed by atoms with van der Waals surface area (Å²) in [6.07, 6.45) is 2.72. The molecule has 2 atom stereocenters. The maximum atomic E-state index is 12.7. The molecule has 0 saturated carbocycles. The van der Waals surface area contributed by atoms with Gasteiger partial charge in [0.1, 0.15) is 11.8 Å². The standard InChI is InChI=1S/C23H30N4O2/c1-29-20-9-5-8-18(14-20)21-15-22(26-25-21)23(28)24-19-10-12-27(13-11-19)16-17-6-3-2-4-7-17/h2-9,14,19,21-22,25-26H,10-13,15-16H2,1H3,(H,24,28). The number of hydrogen-bond acceptors (Lipinski definition) is 5. The number of amides is 1. The van der Waals surface area contributed by atoms with Gasteiger partial charge in [-0.15, -0.1) is 0 Å². The SMILES string of the molecule is COc1cccc(C2CC(C(=O)NC3CCN(Cc4ccccc4)CC3)NN2)c1. The van der Waals surface area contributed by atoms with E-state index in [1.807, 2.05) is 18.2 Å². The molecule has 0 aromatic heterocycles. The molecule has 2 aliphatic rings. The van der Waals surface area contributed by atoms with Crippen molar-refractivity contribution in [2.24, 2.45) is 0 Å². The number of piperidine rings is 1.